The van der Waals surface area contributed by atoms with Crippen LogP contribution in [0.1, 0.15) is 29.6 Å². The maximum Gasteiger partial charge on any atom is 0.253 e. The van der Waals surface area contributed by atoms with Gasteiger partial charge in [0.1, 0.15) is 5.82 Å². The van der Waals surface area contributed by atoms with Crippen LogP contribution >= 0.6 is 15.9 Å². The summed E-state index contributed by atoms with van der Waals surface area (Å²) in [5.74, 6) is -1.51. The zero-order valence-corrected chi connectivity index (χ0v) is 11.3. The molecule has 0 unspecified atom stereocenters. The van der Waals surface area contributed by atoms with Crippen LogP contribution in [0.3, 0.4) is 0 Å². The Morgan fingerprint density at radius 3 is 2.72 bits per heavy atom. The van der Waals surface area contributed by atoms with Crippen molar-refractivity contribution in [1.29, 1.82) is 0 Å². The summed E-state index contributed by atoms with van der Waals surface area (Å²) in [6, 6.07) is 2.76. The van der Waals surface area contributed by atoms with Crippen molar-refractivity contribution in [3.05, 3.63) is 28.0 Å². The van der Waals surface area contributed by atoms with Gasteiger partial charge < -0.3 is 16.2 Å². The lowest BCUT2D eigenvalue weighted by molar-refractivity contribution is -0.0202. The van der Waals surface area contributed by atoms with E-state index in [0.29, 0.717) is 23.0 Å². The molecule has 1 aliphatic rings. The summed E-state index contributed by atoms with van der Waals surface area (Å²) in [5.41, 5.74) is 4.52. The van der Waals surface area contributed by atoms with Gasteiger partial charge in [-0.25, -0.2) is 4.39 Å². The number of aliphatic hydroxyl groups is 1. The molecule has 4 N–H and O–H groups in total. The van der Waals surface area contributed by atoms with Crippen LogP contribution in [-0.4, -0.2) is 23.2 Å². The summed E-state index contributed by atoms with van der Waals surface area (Å²) in [6.07, 6.45) is 2.40. The molecule has 6 heteroatoms. The number of anilines is 1. The van der Waals surface area contributed by atoms with E-state index in [1.807, 2.05) is 0 Å². The lowest BCUT2D eigenvalue weighted by Crippen LogP contribution is -2.43. The predicted molar refractivity (Wildman–Crippen MR) is 69.9 cm³/mol. The standard InChI is InChI=1S/C12H14BrFN2O2/c13-7-4-8(14)10(11(15)17)9(5-7)16-6-12(18)2-1-3-12/h4-5,16,18H,1-3,6H2,(H2,15,17). The second-order valence-electron chi connectivity index (χ2n) is 4.61. The van der Waals surface area contributed by atoms with Crippen LogP contribution in [0.15, 0.2) is 16.6 Å². The molecular formula is C12H14BrFN2O2. The zero-order chi connectivity index (χ0) is 13.3. The Morgan fingerprint density at radius 2 is 2.22 bits per heavy atom. The quantitative estimate of drug-likeness (QED) is 0.795. The van der Waals surface area contributed by atoms with Crippen LogP contribution in [0.5, 0.6) is 0 Å². The maximum absolute atomic E-state index is 13.6. The molecule has 18 heavy (non-hydrogen) atoms. The van der Waals surface area contributed by atoms with Crippen molar-refractivity contribution in [2.45, 2.75) is 24.9 Å². The number of carbonyl (C=O) groups is 1. The van der Waals surface area contributed by atoms with Crippen LogP contribution in [0, 0.1) is 5.82 Å². The molecule has 0 aromatic heterocycles. The fraction of sp³-hybridized carbons (Fsp3) is 0.417. The molecule has 98 valence electrons. The van der Waals surface area contributed by atoms with Crippen molar-refractivity contribution >= 4 is 27.5 Å². The average molecular weight is 317 g/mol. The number of amides is 1. The molecule has 1 aromatic rings. The van der Waals surface area contributed by atoms with Crippen molar-refractivity contribution in [1.82, 2.24) is 0 Å². The first-order chi connectivity index (χ1) is 8.41. The number of halogens is 2. The highest BCUT2D eigenvalue weighted by Gasteiger charge is 2.34. The maximum atomic E-state index is 13.6. The minimum absolute atomic E-state index is 0.180. The molecule has 0 radical (unpaired) electrons. The van der Waals surface area contributed by atoms with E-state index in [1.54, 1.807) is 6.07 Å². The van der Waals surface area contributed by atoms with E-state index in [9.17, 15) is 14.3 Å². The van der Waals surface area contributed by atoms with Crippen molar-refractivity contribution < 1.29 is 14.3 Å². The minimum atomic E-state index is -0.830. The first-order valence-corrected chi connectivity index (χ1v) is 6.46. The third-order valence-corrected chi connectivity index (χ3v) is 3.65. The fourth-order valence-corrected chi connectivity index (χ4v) is 2.41. The van der Waals surface area contributed by atoms with Gasteiger partial charge in [-0.2, -0.15) is 0 Å². The topological polar surface area (TPSA) is 75.4 Å². The number of hydrogen-bond donors (Lipinski definition) is 3. The monoisotopic (exact) mass is 316 g/mol. The highest BCUT2D eigenvalue weighted by Crippen LogP contribution is 2.32. The number of hydrogen-bond acceptors (Lipinski definition) is 3. The third kappa shape index (κ3) is 2.64. The molecule has 1 fully saturated rings. The van der Waals surface area contributed by atoms with E-state index in [2.05, 4.69) is 21.2 Å². The molecule has 0 saturated heterocycles. The van der Waals surface area contributed by atoms with Crippen molar-refractivity contribution in [3.63, 3.8) is 0 Å². The number of nitrogens with one attached hydrogen (secondary N) is 1. The zero-order valence-electron chi connectivity index (χ0n) is 9.67. The van der Waals surface area contributed by atoms with Crippen LogP contribution < -0.4 is 11.1 Å². The van der Waals surface area contributed by atoms with Crippen LogP contribution in [-0.2, 0) is 0 Å². The van der Waals surface area contributed by atoms with Gasteiger partial charge in [0, 0.05) is 11.0 Å². The highest BCUT2D eigenvalue weighted by molar-refractivity contribution is 9.10. The summed E-state index contributed by atoms with van der Waals surface area (Å²) in [4.78, 5) is 11.2. The third-order valence-electron chi connectivity index (χ3n) is 3.19. The van der Waals surface area contributed by atoms with Crippen molar-refractivity contribution in [2.24, 2.45) is 5.73 Å². The fourth-order valence-electron chi connectivity index (χ4n) is 1.98. The Bertz CT molecular complexity index is 489. The summed E-state index contributed by atoms with van der Waals surface area (Å²) in [5, 5.41) is 12.9. The van der Waals surface area contributed by atoms with Gasteiger partial charge in [-0.3, -0.25) is 4.79 Å². The molecule has 0 spiro atoms. The van der Waals surface area contributed by atoms with E-state index in [-0.39, 0.29) is 12.1 Å². The van der Waals surface area contributed by atoms with Gasteiger partial charge in [0.2, 0.25) is 0 Å². The second kappa shape index (κ2) is 4.85. The van der Waals surface area contributed by atoms with Crippen molar-refractivity contribution in [2.75, 3.05) is 11.9 Å². The molecular weight excluding hydrogens is 303 g/mol. The lowest BCUT2D eigenvalue weighted by atomic mass is 9.80. The minimum Gasteiger partial charge on any atom is -0.388 e. The van der Waals surface area contributed by atoms with Gasteiger partial charge in [-0.05, 0) is 31.4 Å². The summed E-state index contributed by atoms with van der Waals surface area (Å²) < 4.78 is 14.2. The Kier molecular flexibility index (Phi) is 3.59. The Balaban J connectivity index is 2.22. The van der Waals surface area contributed by atoms with E-state index < -0.39 is 17.3 Å². The largest absolute Gasteiger partial charge is 0.388 e. The molecule has 0 heterocycles. The average Bonchev–Trinajstić information content (AvgIpc) is 2.22. The highest BCUT2D eigenvalue weighted by atomic mass is 79.9. The van der Waals surface area contributed by atoms with Gasteiger partial charge in [0.25, 0.3) is 5.91 Å². The van der Waals surface area contributed by atoms with E-state index >= 15 is 0 Å². The van der Waals surface area contributed by atoms with Gasteiger partial charge in [0.05, 0.1) is 16.9 Å². The Morgan fingerprint density at radius 1 is 1.56 bits per heavy atom. The first-order valence-electron chi connectivity index (χ1n) is 5.66. The Labute approximate surface area is 112 Å². The number of primary amides is 1. The van der Waals surface area contributed by atoms with E-state index in [0.717, 1.165) is 6.42 Å². The van der Waals surface area contributed by atoms with Gasteiger partial charge in [-0.15, -0.1) is 0 Å². The molecule has 2 rings (SSSR count). The smallest absolute Gasteiger partial charge is 0.253 e. The number of carbonyl (C=O) groups excluding carboxylic acids is 1. The van der Waals surface area contributed by atoms with Crippen molar-refractivity contribution in [3.8, 4) is 0 Å². The molecule has 0 bridgehead atoms. The summed E-state index contributed by atoms with van der Waals surface area (Å²) in [6.45, 7) is 0.281. The summed E-state index contributed by atoms with van der Waals surface area (Å²) >= 11 is 3.15. The van der Waals surface area contributed by atoms with Crippen LogP contribution in [0.25, 0.3) is 0 Å². The normalized spacial score (nSPS) is 17.1. The molecule has 1 amide bonds. The van der Waals surface area contributed by atoms with Crippen LogP contribution in [0.4, 0.5) is 10.1 Å². The molecule has 1 aliphatic carbocycles. The molecule has 4 nitrogen and oxygen atoms in total. The van der Waals surface area contributed by atoms with E-state index in [1.165, 1.54) is 6.07 Å². The number of nitrogens with two attached hydrogens (primary N) is 1. The van der Waals surface area contributed by atoms with E-state index in [4.69, 9.17) is 5.73 Å². The number of rotatable bonds is 4. The SMILES string of the molecule is NC(=O)c1c(F)cc(Br)cc1NCC1(O)CCC1. The second-order valence-corrected chi connectivity index (χ2v) is 5.52. The van der Waals surface area contributed by atoms with Gasteiger partial charge in [-0.1, -0.05) is 15.9 Å². The molecule has 1 aromatic carbocycles. The Hall–Kier alpha value is -1.14. The summed E-state index contributed by atoms with van der Waals surface area (Å²) in [7, 11) is 0. The molecule has 1 saturated carbocycles. The van der Waals surface area contributed by atoms with Gasteiger partial charge in [0.15, 0.2) is 0 Å². The van der Waals surface area contributed by atoms with Gasteiger partial charge >= 0.3 is 0 Å². The molecule has 0 aliphatic heterocycles. The lowest BCUT2D eigenvalue weighted by Gasteiger charge is -2.37. The predicted octanol–water partition coefficient (Wildman–Crippen LogP) is 2.01. The first kappa shape index (κ1) is 13.3. The van der Waals surface area contributed by atoms with Crippen LogP contribution in [0.2, 0.25) is 0 Å². The number of benzene rings is 1. The molecule has 0 atom stereocenters.